The minimum Gasteiger partial charge on any atom is -0.487 e. The summed E-state index contributed by atoms with van der Waals surface area (Å²) in [6.45, 7) is 1.48. The Kier molecular flexibility index (Phi) is 5.16. The number of rotatable bonds is 4. The Morgan fingerprint density at radius 3 is 3.07 bits per heavy atom. The van der Waals surface area contributed by atoms with Crippen molar-refractivity contribution in [3.05, 3.63) is 53.3 Å². The Morgan fingerprint density at radius 1 is 1.30 bits per heavy atom. The molecule has 4 rings (SSSR count). The highest BCUT2D eigenvalue weighted by atomic mass is 35.5. The van der Waals surface area contributed by atoms with Gasteiger partial charge in [0.25, 0.3) is 0 Å². The molecule has 1 aromatic heterocycles. The van der Waals surface area contributed by atoms with Gasteiger partial charge in [-0.05, 0) is 36.6 Å². The van der Waals surface area contributed by atoms with Crippen LogP contribution in [0, 0.1) is 0 Å². The minimum atomic E-state index is -0.0819. The van der Waals surface area contributed by atoms with Crippen LogP contribution in [-0.4, -0.2) is 41.8 Å². The van der Waals surface area contributed by atoms with Crippen molar-refractivity contribution in [3.8, 4) is 17.2 Å². The second-order valence-corrected chi connectivity index (χ2v) is 6.83. The standard InChI is InChI=1S/C20H19ClN2O4/c21-16-11-22-8-7-17(16)27-15-2-1-9-23(12-15)20(24)6-4-14-3-5-18-19(10-14)26-13-25-18/h3-8,10-11,15H,1-2,9,12-13H2/b6-4+/t15-/m1/s1. The molecule has 1 saturated heterocycles. The van der Waals surface area contributed by atoms with E-state index in [-0.39, 0.29) is 18.8 Å². The lowest BCUT2D eigenvalue weighted by atomic mass is 10.1. The van der Waals surface area contributed by atoms with Gasteiger partial charge in [-0.15, -0.1) is 0 Å². The molecule has 6 nitrogen and oxygen atoms in total. The molecular weight excluding hydrogens is 368 g/mol. The van der Waals surface area contributed by atoms with Crippen LogP contribution >= 0.6 is 11.6 Å². The van der Waals surface area contributed by atoms with Crippen LogP contribution in [-0.2, 0) is 4.79 Å². The number of carbonyl (C=O) groups is 1. The van der Waals surface area contributed by atoms with Gasteiger partial charge in [-0.1, -0.05) is 17.7 Å². The molecule has 1 amide bonds. The van der Waals surface area contributed by atoms with Crippen LogP contribution in [0.5, 0.6) is 17.2 Å². The van der Waals surface area contributed by atoms with Gasteiger partial charge in [0.05, 0.1) is 6.54 Å². The SMILES string of the molecule is O=C(/C=C/c1ccc2c(c1)OCO2)N1CCC[C@@H](Oc2ccncc2Cl)C1. The van der Waals surface area contributed by atoms with Crippen molar-refractivity contribution in [3.63, 3.8) is 0 Å². The third kappa shape index (κ3) is 4.17. The average molecular weight is 387 g/mol. The van der Waals surface area contributed by atoms with Crippen molar-refractivity contribution >= 4 is 23.6 Å². The molecule has 0 radical (unpaired) electrons. The van der Waals surface area contributed by atoms with Gasteiger partial charge in [0, 0.05) is 31.1 Å². The number of hydrogen-bond acceptors (Lipinski definition) is 5. The summed E-state index contributed by atoms with van der Waals surface area (Å²) in [4.78, 5) is 18.3. The van der Waals surface area contributed by atoms with E-state index < -0.39 is 0 Å². The first-order valence-corrected chi connectivity index (χ1v) is 9.19. The van der Waals surface area contributed by atoms with Gasteiger partial charge in [-0.3, -0.25) is 9.78 Å². The smallest absolute Gasteiger partial charge is 0.246 e. The van der Waals surface area contributed by atoms with Crippen LogP contribution in [0.15, 0.2) is 42.7 Å². The topological polar surface area (TPSA) is 60.9 Å². The highest BCUT2D eigenvalue weighted by molar-refractivity contribution is 6.31. The number of carbonyl (C=O) groups excluding carboxylic acids is 1. The Hall–Kier alpha value is -2.73. The maximum absolute atomic E-state index is 12.6. The zero-order chi connectivity index (χ0) is 18.6. The number of likely N-dealkylation sites (tertiary alicyclic amines) is 1. The molecule has 3 heterocycles. The second-order valence-electron chi connectivity index (χ2n) is 6.42. The first kappa shape index (κ1) is 17.7. The van der Waals surface area contributed by atoms with Crippen LogP contribution in [0.3, 0.4) is 0 Å². The summed E-state index contributed by atoms with van der Waals surface area (Å²) in [6.07, 6.45) is 8.25. The molecule has 2 aromatic rings. The summed E-state index contributed by atoms with van der Waals surface area (Å²) in [7, 11) is 0. The number of amides is 1. The van der Waals surface area contributed by atoms with Crippen molar-refractivity contribution < 1.29 is 19.0 Å². The van der Waals surface area contributed by atoms with Gasteiger partial charge in [-0.2, -0.15) is 0 Å². The number of nitrogens with zero attached hydrogens (tertiary/aromatic N) is 2. The molecule has 27 heavy (non-hydrogen) atoms. The maximum Gasteiger partial charge on any atom is 0.246 e. The zero-order valence-corrected chi connectivity index (χ0v) is 15.4. The van der Waals surface area contributed by atoms with E-state index in [0.29, 0.717) is 29.6 Å². The van der Waals surface area contributed by atoms with Crippen LogP contribution in [0.25, 0.3) is 6.08 Å². The van der Waals surface area contributed by atoms with Crippen molar-refractivity contribution in [2.45, 2.75) is 18.9 Å². The van der Waals surface area contributed by atoms with Crippen molar-refractivity contribution in [2.75, 3.05) is 19.9 Å². The number of hydrogen-bond donors (Lipinski definition) is 0. The summed E-state index contributed by atoms with van der Waals surface area (Å²) in [5, 5.41) is 0.476. The number of fused-ring (bicyclic) bond motifs is 1. The summed E-state index contributed by atoms with van der Waals surface area (Å²) >= 11 is 6.10. The van der Waals surface area contributed by atoms with E-state index in [1.165, 1.54) is 0 Å². The molecule has 2 aliphatic rings. The van der Waals surface area contributed by atoms with Gasteiger partial charge >= 0.3 is 0 Å². The molecule has 2 aliphatic heterocycles. The second kappa shape index (κ2) is 7.88. The predicted octanol–water partition coefficient (Wildman–Crippen LogP) is 3.55. The van der Waals surface area contributed by atoms with Gasteiger partial charge in [0.15, 0.2) is 11.5 Å². The van der Waals surface area contributed by atoms with Crippen LogP contribution < -0.4 is 14.2 Å². The van der Waals surface area contributed by atoms with E-state index >= 15 is 0 Å². The van der Waals surface area contributed by atoms with Gasteiger partial charge in [-0.25, -0.2) is 0 Å². The zero-order valence-electron chi connectivity index (χ0n) is 14.6. The molecule has 0 aliphatic carbocycles. The van der Waals surface area contributed by atoms with Gasteiger partial charge < -0.3 is 19.1 Å². The predicted molar refractivity (Wildman–Crippen MR) is 101 cm³/mol. The van der Waals surface area contributed by atoms with Gasteiger partial charge in [0.2, 0.25) is 12.7 Å². The van der Waals surface area contributed by atoms with E-state index in [1.54, 1.807) is 35.5 Å². The molecule has 0 unspecified atom stereocenters. The Morgan fingerprint density at radius 2 is 2.19 bits per heavy atom. The number of piperidine rings is 1. The first-order valence-electron chi connectivity index (χ1n) is 8.82. The summed E-state index contributed by atoms with van der Waals surface area (Å²) in [5.41, 5.74) is 0.890. The highest BCUT2D eigenvalue weighted by Crippen LogP contribution is 2.32. The van der Waals surface area contributed by atoms with Crippen molar-refractivity contribution in [1.82, 2.24) is 9.88 Å². The Balaban J connectivity index is 1.37. The quantitative estimate of drug-likeness (QED) is 0.752. The summed E-state index contributed by atoms with van der Waals surface area (Å²) in [5.74, 6) is 1.98. The number of ether oxygens (including phenoxy) is 3. The molecular formula is C20H19ClN2O4. The molecule has 140 valence electrons. The Labute approximate surface area is 162 Å². The molecule has 0 bridgehead atoms. The average Bonchev–Trinajstić information content (AvgIpc) is 3.16. The largest absolute Gasteiger partial charge is 0.487 e. The van der Waals surface area contributed by atoms with Crippen LogP contribution in [0.2, 0.25) is 5.02 Å². The fourth-order valence-electron chi connectivity index (χ4n) is 3.16. The molecule has 1 aromatic carbocycles. The number of aromatic nitrogens is 1. The number of halogens is 1. The fourth-order valence-corrected chi connectivity index (χ4v) is 3.33. The molecule has 1 atom stereocenters. The molecule has 1 fully saturated rings. The maximum atomic E-state index is 12.6. The summed E-state index contributed by atoms with van der Waals surface area (Å²) < 4.78 is 16.6. The third-order valence-corrected chi connectivity index (χ3v) is 4.82. The van der Waals surface area contributed by atoms with Crippen molar-refractivity contribution in [2.24, 2.45) is 0 Å². The van der Waals surface area contributed by atoms with E-state index in [1.807, 2.05) is 18.2 Å². The van der Waals surface area contributed by atoms with Crippen LogP contribution in [0.4, 0.5) is 0 Å². The van der Waals surface area contributed by atoms with E-state index in [4.69, 9.17) is 25.8 Å². The van der Waals surface area contributed by atoms with E-state index in [2.05, 4.69) is 4.98 Å². The number of benzene rings is 1. The molecule has 7 heteroatoms. The fraction of sp³-hybridized carbons (Fsp3) is 0.300. The van der Waals surface area contributed by atoms with Crippen molar-refractivity contribution in [1.29, 1.82) is 0 Å². The minimum absolute atomic E-state index is 0.0400. The van der Waals surface area contributed by atoms with E-state index in [9.17, 15) is 4.79 Å². The monoisotopic (exact) mass is 386 g/mol. The first-order chi connectivity index (χ1) is 13.2. The van der Waals surface area contributed by atoms with Gasteiger partial charge in [0.1, 0.15) is 16.9 Å². The molecule has 0 saturated carbocycles. The van der Waals surface area contributed by atoms with E-state index in [0.717, 1.165) is 24.2 Å². The lowest BCUT2D eigenvalue weighted by molar-refractivity contribution is -0.128. The number of pyridine rings is 1. The Bertz CT molecular complexity index is 871. The molecule has 0 spiro atoms. The van der Waals surface area contributed by atoms with Crippen LogP contribution in [0.1, 0.15) is 18.4 Å². The lowest BCUT2D eigenvalue weighted by Crippen LogP contribution is -2.43. The summed E-state index contributed by atoms with van der Waals surface area (Å²) in [6, 6.07) is 7.34. The molecule has 0 N–H and O–H groups in total. The highest BCUT2D eigenvalue weighted by Gasteiger charge is 2.24. The third-order valence-electron chi connectivity index (χ3n) is 4.53. The lowest BCUT2D eigenvalue weighted by Gasteiger charge is -2.32. The normalized spacial score (nSPS) is 18.7.